The third-order valence-corrected chi connectivity index (χ3v) is 5.76. The fraction of sp³-hybridized carbons (Fsp3) is 0.600. The van der Waals surface area contributed by atoms with E-state index in [0.29, 0.717) is 5.06 Å². The van der Waals surface area contributed by atoms with Crippen molar-refractivity contribution in [1.29, 1.82) is 0 Å². The van der Waals surface area contributed by atoms with Crippen LogP contribution in [-0.4, -0.2) is 15.5 Å². The van der Waals surface area contributed by atoms with Gasteiger partial charge in [0.15, 0.2) is 6.54 Å². The van der Waals surface area contributed by atoms with Gasteiger partial charge in [-0.2, -0.15) is 0 Å². The molecular formula is C25H39N3O2. The zero-order chi connectivity index (χ0) is 21.6. The highest BCUT2D eigenvalue weighted by Gasteiger charge is 2.16. The summed E-state index contributed by atoms with van der Waals surface area (Å²) in [5.74, 6) is 0.607. The van der Waals surface area contributed by atoms with Crippen molar-refractivity contribution in [2.75, 3.05) is 0 Å². The van der Waals surface area contributed by atoms with Crippen LogP contribution < -0.4 is 4.57 Å². The summed E-state index contributed by atoms with van der Waals surface area (Å²) in [5, 5.41) is 12.7. The van der Waals surface area contributed by atoms with Crippen molar-refractivity contribution in [3.63, 3.8) is 0 Å². The van der Waals surface area contributed by atoms with Gasteiger partial charge >= 0.3 is 0 Å². The summed E-state index contributed by atoms with van der Waals surface area (Å²) in [5.41, 5.74) is 0.848. The minimum atomic E-state index is -0.413. The molecule has 0 aliphatic heterocycles. The molecule has 5 heteroatoms. The maximum absolute atomic E-state index is 12.3. The van der Waals surface area contributed by atoms with E-state index in [4.69, 9.17) is 0 Å². The Bertz CT molecular complexity index is 727. The summed E-state index contributed by atoms with van der Waals surface area (Å²) in [6.45, 7) is 5.42. The van der Waals surface area contributed by atoms with Gasteiger partial charge in [0.1, 0.15) is 12.4 Å². The van der Waals surface area contributed by atoms with E-state index < -0.39 is 5.91 Å². The number of imidazole rings is 1. The lowest BCUT2D eigenvalue weighted by Crippen LogP contribution is -2.44. The van der Waals surface area contributed by atoms with E-state index in [9.17, 15) is 10.0 Å². The minimum absolute atomic E-state index is 0.0905. The summed E-state index contributed by atoms with van der Waals surface area (Å²) in [6, 6.07) is 9.37. The highest BCUT2D eigenvalue weighted by molar-refractivity contribution is 5.75. The molecule has 0 saturated carbocycles. The Balaban J connectivity index is 1.64. The number of aromatic nitrogens is 2. The van der Waals surface area contributed by atoms with Crippen LogP contribution in [0.25, 0.3) is 0 Å². The number of unbranched alkanes of at least 4 members (excludes halogenated alkanes) is 9. The quantitative estimate of drug-likeness (QED) is 0.219. The molecule has 1 aromatic carbocycles. The third-order valence-electron chi connectivity index (χ3n) is 5.76. The number of benzene rings is 1. The molecule has 30 heavy (non-hydrogen) atoms. The van der Waals surface area contributed by atoms with E-state index in [1.807, 2.05) is 54.2 Å². The van der Waals surface area contributed by atoms with Gasteiger partial charge in [-0.1, -0.05) is 88.6 Å². The molecule has 1 amide bonds. The molecule has 5 nitrogen and oxygen atoms in total. The van der Waals surface area contributed by atoms with Crippen LogP contribution in [0.2, 0.25) is 0 Å². The van der Waals surface area contributed by atoms with Crippen LogP contribution in [0.5, 0.6) is 0 Å². The molecule has 166 valence electrons. The van der Waals surface area contributed by atoms with Gasteiger partial charge in [-0.15, -0.1) is 0 Å². The topological polar surface area (TPSA) is 52.2 Å². The van der Waals surface area contributed by atoms with Gasteiger partial charge in [0.05, 0.1) is 6.54 Å². The van der Waals surface area contributed by atoms with E-state index in [2.05, 4.69) is 11.5 Å². The Labute approximate surface area is 182 Å². The fourth-order valence-electron chi connectivity index (χ4n) is 3.78. The number of hydroxylamine groups is 2. The molecule has 2 rings (SSSR count). The third kappa shape index (κ3) is 8.70. The lowest BCUT2D eigenvalue weighted by atomic mass is 10.1. The molecule has 0 spiro atoms. The Morgan fingerprint density at radius 1 is 0.967 bits per heavy atom. The molecule has 0 atom stereocenters. The fourth-order valence-corrected chi connectivity index (χ4v) is 3.78. The number of amides is 1. The van der Waals surface area contributed by atoms with Crippen LogP contribution in [0.1, 0.15) is 82.5 Å². The maximum Gasteiger partial charge on any atom is 0.254 e. The molecule has 0 radical (unpaired) electrons. The predicted molar refractivity (Wildman–Crippen MR) is 122 cm³/mol. The Morgan fingerprint density at radius 3 is 2.20 bits per heavy atom. The first kappa shape index (κ1) is 24.1. The minimum Gasteiger partial charge on any atom is -0.756 e. The number of hydrogen-bond acceptors (Lipinski definition) is 2. The second-order valence-electron chi connectivity index (χ2n) is 8.26. The standard InChI is InChI=1S/C25H39N3O2/c1-3-4-5-6-7-8-9-10-11-15-18-26-19-20-27(23(26)2)22-25(29)28(30)21-24-16-13-12-14-17-24/h12-14,16-17,19-20H,3-11,15,18,21-22H2,1-2H3. The number of carbonyl (C=O) groups excluding carboxylic acids is 1. The Hall–Kier alpha value is -2.14. The van der Waals surface area contributed by atoms with Crippen molar-refractivity contribution in [3.8, 4) is 0 Å². The van der Waals surface area contributed by atoms with E-state index in [-0.39, 0.29) is 13.1 Å². The van der Waals surface area contributed by atoms with Crippen LogP contribution in [0, 0.1) is 12.1 Å². The van der Waals surface area contributed by atoms with E-state index in [1.165, 1.54) is 57.8 Å². The highest BCUT2D eigenvalue weighted by atomic mass is 16.5. The van der Waals surface area contributed by atoms with Crippen LogP contribution in [-0.2, 0) is 24.4 Å². The lowest BCUT2D eigenvalue weighted by molar-refractivity contribution is -0.690. The number of aryl methyl sites for hydroxylation is 1. The smallest absolute Gasteiger partial charge is 0.254 e. The number of hydrogen-bond donors (Lipinski definition) is 0. The molecule has 1 heterocycles. The molecule has 0 unspecified atom stereocenters. The van der Waals surface area contributed by atoms with Crippen molar-refractivity contribution < 1.29 is 9.36 Å². The Morgan fingerprint density at radius 2 is 1.57 bits per heavy atom. The van der Waals surface area contributed by atoms with Crippen molar-refractivity contribution in [3.05, 3.63) is 59.3 Å². The van der Waals surface area contributed by atoms with Crippen molar-refractivity contribution in [2.45, 2.75) is 97.7 Å². The molecule has 0 aliphatic rings. The number of carbonyl (C=O) groups is 1. The SMILES string of the molecule is CCCCCCCCCCCCn1cc[n+](CC(=O)N([O-])Cc2ccccc2)c1C. The van der Waals surface area contributed by atoms with E-state index in [0.717, 1.165) is 24.4 Å². The van der Waals surface area contributed by atoms with Gasteiger partial charge < -0.3 is 10.3 Å². The van der Waals surface area contributed by atoms with Gasteiger partial charge in [0.2, 0.25) is 0 Å². The van der Waals surface area contributed by atoms with Crippen LogP contribution >= 0.6 is 0 Å². The molecule has 0 N–H and O–H groups in total. The average molecular weight is 414 g/mol. The molecule has 0 aliphatic carbocycles. The first-order chi connectivity index (χ1) is 14.6. The zero-order valence-corrected chi connectivity index (χ0v) is 18.9. The van der Waals surface area contributed by atoms with Crippen molar-refractivity contribution in [1.82, 2.24) is 9.63 Å². The first-order valence-electron chi connectivity index (χ1n) is 11.7. The number of nitrogens with zero attached hydrogens (tertiary/aromatic N) is 3. The Kier molecular flexibility index (Phi) is 11.2. The number of rotatable bonds is 15. The molecule has 0 saturated heterocycles. The second-order valence-corrected chi connectivity index (χ2v) is 8.26. The largest absolute Gasteiger partial charge is 0.756 e. The first-order valence-corrected chi connectivity index (χ1v) is 11.7. The van der Waals surface area contributed by atoms with E-state index in [1.54, 1.807) is 0 Å². The van der Waals surface area contributed by atoms with Gasteiger partial charge in [0, 0.05) is 13.5 Å². The summed E-state index contributed by atoms with van der Waals surface area (Å²) in [7, 11) is 0. The van der Waals surface area contributed by atoms with E-state index >= 15 is 0 Å². The normalized spacial score (nSPS) is 11.0. The molecule has 0 fully saturated rings. The maximum atomic E-state index is 12.3. The monoisotopic (exact) mass is 413 g/mol. The van der Waals surface area contributed by atoms with Gasteiger partial charge in [0.25, 0.3) is 11.7 Å². The van der Waals surface area contributed by atoms with Crippen LogP contribution in [0.15, 0.2) is 42.7 Å². The molecule has 0 bridgehead atoms. The average Bonchev–Trinajstić information content (AvgIpc) is 3.09. The van der Waals surface area contributed by atoms with Gasteiger partial charge in [-0.05, 0) is 18.4 Å². The van der Waals surface area contributed by atoms with Crippen molar-refractivity contribution >= 4 is 5.91 Å². The second kappa shape index (κ2) is 14.0. The molecule has 1 aromatic heterocycles. The van der Waals surface area contributed by atoms with Crippen molar-refractivity contribution in [2.24, 2.45) is 0 Å². The lowest BCUT2D eigenvalue weighted by Gasteiger charge is -2.27. The summed E-state index contributed by atoms with van der Waals surface area (Å²) < 4.78 is 4.05. The van der Waals surface area contributed by atoms with Gasteiger partial charge in [-0.3, -0.25) is 4.79 Å². The molecular weight excluding hydrogens is 374 g/mol. The summed E-state index contributed by atoms with van der Waals surface area (Å²) in [6.07, 6.45) is 17.2. The predicted octanol–water partition coefficient (Wildman–Crippen LogP) is 5.53. The summed E-state index contributed by atoms with van der Waals surface area (Å²) in [4.78, 5) is 12.3. The zero-order valence-electron chi connectivity index (χ0n) is 18.9. The molecule has 2 aromatic rings. The highest BCUT2D eigenvalue weighted by Crippen LogP contribution is 2.11. The van der Waals surface area contributed by atoms with Gasteiger partial charge in [-0.25, -0.2) is 9.13 Å². The van der Waals surface area contributed by atoms with Crippen LogP contribution in [0.4, 0.5) is 0 Å². The summed E-state index contributed by atoms with van der Waals surface area (Å²) >= 11 is 0. The van der Waals surface area contributed by atoms with Crippen LogP contribution in [0.3, 0.4) is 0 Å².